The minimum Gasteiger partial charge on any atom is -0.508 e. The van der Waals surface area contributed by atoms with Crippen molar-refractivity contribution in [1.29, 1.82) is 0 Å². The molecule has 0 bridgehead atoms. The summed E-state index contributed by atoms with van der Waals surface area (Å²) in [7, 11) is 0. The van der Waals surface area contributed by atoms with Crippen LogP contribution in [0, 0.1) is 24.2 Å². The van der Waals surface area contributed by atoms with Crippen LogP contribution in [0.2, 0.25) is 0 Å². The third-order valence-electron chi connectivity index (χ3n) is 5.08. The van der Waals surface area contributed by atoms with Crippen molar-refractivity contribution in [3.05, 3.63) is 54.1 Å². The Balaban J connectivity index is 1.54. The number of hydrogen-bond donors (Lipinski definition) is 1. The van der Waals surface area contributed by atoms with E-state index in [2.05, 4.69) is 30.2 Å². The summed E-state index contributed by atoms with van der Waals surface area (Å²) < 4.78 is 0. The van der Waals surface area contributed by atoms with Gasteiger partial charge in [-0.3, -0.25) is 0 Å². The Labute approximate surface area is 139 Å². The zero-order valence-electron chi connectivity index (χ0n) is 13.5. The van der Waals surface area contributed by atoms with E-state index in [4.69, 9.17) is 6.42 Å². The van der Waals surface area contributed by atoms with Crippen LogP contribution in [-0.2, 0) is 6.42 Å². The van der Waals surface area contributed by atoms with E-state index in [1.165, 1.54) is 43.2 Å². The van der Waals surface area contributed by atoms with Gasteiger partial charge in [-0.15, -0.1) is 12.3 Å². The van der Waals surface area contributed by atoms with Crippen molar-refractivity contribution in [3.8, 4) is 29.2 Å². The molecule has 3 rings (SSSR count). The highest BCUT2D eigenvalue weighted by molar-refractivity contribution is 5.64. The summed E-state index contributed by atoms with van der Waals surface area (Å²) in [4.78, 5) is 0. The number of hydrogen-bond acceptors (Lipinski definition) is 1. The zero-order valence-corrected chi connectivity index (χ0v) is 13.5. The van der Waals surface area contributed by atoms with Crippen LogP contribution in [0.25, 0.3) is 11.1 Å². The topological polar surface area (TPSA) is 20.2 Å². The predicted molar refractivity (Wildman–Crippen MR) is 96.1 cm³/mol. The SMILES string of the molecule is C#CC1CCC(CCc2ccc(-c3ccc(O)cc3)cc2)CC1. The molecule has 2 aromatic rings. The molecule has 0 unspecified atom stereocenters. The minimum atomic E-state index is 0.310. The lowest BCUT2D eigenvalue weighted by Gasteiger charge is -2.25. The van der Waals surface area contributed by atoms with Gasteiger partial charge in [0, 0.05) is 5.92 Å². The molecular weight excluding hydrogens is 280 g/mol. The van der Waals surface area contributed by atoms with Gasteiger partial charge in [0.05, 0.1) is 0 Å². The minimum absolute atomic E-state index is 0.310. The highest BCUT2D eigenvalue weighted by Gasteiger charge is 2.19. The lowest BCUT2D eigenvalue weighted by Crippen LogP contribution is -2.13. The average Bonchev–Trinajstić information content (AvgIpc) is 2.61. The number of aryl methyl sites for hydroxylation is 1. The van der Waals surface area contributed by atoms with E-state index >= 15 is 0 Å². The Bertz CT molecular complexity index is 653. The molecule has 0 spiro atoms. The summed E-state index contributed by atoms with van der Waals surface area (Å²) in [5.41, 5.74) is 3.75. The molecule has 0 aliphatic heterocycles. The van der Waals surface area contributed by atoms with Gasteiger partial charge in [0.15, 0.2) is 0 Å². The van der Waals surface area contributed by atoms with Gasteiger partial charge in [-0.25, -0.2) is 0 Å². The van der Waals surface area contributed by atoms with Crippen molar-refractivity contribution in [2.24, 2.45) is 11.8 Å². The van der Waals surface area contributed by atoms with Crippen LogP contribution in [0.5, 0.6) is 5.75 Å². The normalized spacial score (nSPS) is 20.8. The van der Waals surface area contributed by atoms with Gasteiger partial charge in [0.1, 0.15) is 5.75 Å². The van der Waals surface area contributed by atoms with Gasteiger partial charge in [-0.2, -0.15) is 0 Å². The summed E-state index contributed by atoms with van der Waals surface area (Å²) in [6.07, 6.45) is 13.0. The molecule has 0 radical (unpaired) electrons. The summed E-state index contributed by atoms with van der Waals surface area (Å²) in [6, 6.07) is 16.2. The molecule has 0 atom stereocenters. The molecule has 0 aromatic heterocycles. The molecule has 0 heterocycles. The first-order valence-corrected chi connectivity index (χ1v) is 8.59. The second-order valence-electron chi connectivity index (χ2n) is 6.67. The van der Waals surface area contributed by atoms with E-state index in [9.17, 15) is 5.11 Å². The largest absolute Gasteiger partial charge is 0.508 e. The molecule has 1 nitrogen and oxygen atoms in total. The van der Waals surface area contributed by atoms with Gasteiger partial charge in [-0.05, 0) is 73.3 Å². The first-order valence-electron chi connectivity index (χ1n) is 8.59. The predicted octanol–water partition coefficient (Wildman–Crippen LogP) is 5.43. The molecule has 0 amide bonds. The average molecular weight is 304 g/mol. The number of rotatable bonds is 4. The van der Waals surface area contributed by atoms with Crippen molar-refractivity contribution >= 4 is 0 Å². The Morgan fingerprint density at radius 1 is 0.870 bits per heavy atom. The van der Waals surface area contributed by atoms with Crippen molar-refractivity contribution in [3.63, 3.8) is 0 Å². The fourth-order valence-electron chi connectivity index (χ4n) is 3.51. The van der Waals surface area contributed by atoms with Crippen LogP contribution in [0.4, 0.5) is 0 Å². The third kappa shape index (κ3) is 4.17. The highest BCUT2D eigenvalue weighted by atomic mass is 16.3. The molecule has 1 fully saturated rings. The zero-order chi connectivity index (χ0) is 16.1. The summed E-state index contributed by atoms with van der Waals surface area (Å²) >= 11 is 0. The van der Waals surface area contributed by atoms with E-state index in [-0.39, 0.29) is 0 Å². The Kier molecular flexibility index (Phi) is 5.03. The van der Waals surface area contributed by atoms with E-state index in [1.54, 1.807) is 12.1 Å². The molecule has 1 aliphatic carbocycles. The van der Waals surface area contributed by atoms with Crippen molar-refractivity contribution in [2.75, 3.05) is 0 Å². The van der Waals surface area contributed by atoms with Crippen LogP contribution in [0.3, 0.4) is 0 Å². The van der Waals surface area contributed by atoms with Crippen LogP contribution in [0.1, 0.15) is 37.7 Å². The highest BCUT2D eigenvalue weighted by Crippen LogP contribution is 2.31. The first-order chi connectivity index (χ1) is 11.2. The first kappa shape index (κ1) is 15.7. The monoisotopic (exact) mass is 304 g/mol. The van der Waals surface area contributed by atoms with E-state index in [0.717, 1.165) is 17.9 Å². The quantitative estimate of drug-likeness (QED) is 0.747. The molecule has 23 heavy (non-hydrogen) atoms. The summed E-state index contributed by atoms with van der Waals surface area (Å²) in [6.45, 7) is 0. The second kappa shape index (κ2) is 7.38. The van der Waals surface area contributed by atoms with Crippen LogP contribution < -0.4 is 0 Å². The Hall–Kier alpha value is -2.20. The fourth-order valence-corrected chi connectivity index (χ4v) is 3.51. The molecular formula is C22H24O. The number of terminal acetylenes is 1. The molecule has 2 aromatic carbocycles. The van der Waals surface area contributed by atoms with Crippen LogP contribution in [0.15, 0.2) is 48.5 Å². The molecule has 1 saturated carbocycles. The lowest BCUT2D eigenvalue weighted by molar-refractivity contribution is 0.302. The maximum atomic E-state index is 9.36. The summed E-state index contributed by atoms with van der Waals surface area (Å²) in [5, 5.41) is 9.36. The molecule has 0 saturated heterocycles. The van der Waals surface area contributed by atoms with Gasteiger partial charge in [-0.1, -0.05) is 36.4 Å². The van der Waals surface area contributed by atoms with Crippen LogP contribution >= 0.6 is 0 Å². The van der Waals surface area contributed by atoms with Gasteiger partial charge >= 0.3 is 0 Å². The van der Waals surface area contributed by atoms with E-state index in [0.29, 0.717) is 11.7 Å². The van der Waals surface area contributed by atoms with Gasteiger partial charge < -0.3 is 5.11 Å². The second-order valence-corrected chi connectivity index (χ2v) is 6.67. The maximum absolute atomic E-state index is 9.36. The van der Waals surface area contributed by atoms with Gasteiger partial charge in [0.25, 0.3) is 0 Å². The standard InChI is InChI=1S/C22H24O/c1-2-17-3-5-18(6-4-17)7-8-19-9-11-20(12-10-19)21-13-15-22(23)16-14-21/h1,9-18,23H,3-8H2. The Morgan fingerprint density at radius 3 is 2.00 bits per heavy atom. The fraction of sp³-hybridized carbons (Fsp3) is 0.364. The molecule has 1 aliphatic rings. The van der Waals surface area contributed by atoms with Crippen LogP contribution in [-0.4, -0.2) is 5.11 Å². The smallest absolute Gasteiger partial charge is 0.115 e. The van der Waals surface area contributed by atoms with Crippen molar-refractivity contribution in [2.45, 2.75) is 38.5 Å². The molecule has 1 heteroatoms. The lowest BCUT2D eigenvalue weighted by atomic mass is 9.80. The number of benzene rings is 2. The Morgan fingerprint density at radius 2 is 1.43 bits per heavy atom. The van der Waals surface area contributed by atoms with Crippen molar-refractivity contribution < 1.29 is 5.11 Å². The number of phenolic OH excluding ortho intramolecular Hbond substituents is 1. The van der Waals surface area contributed by atoms with Crippen molar-refractivity contribution in [1.82, 2.24) is 0 Å². The van der Waals surface area contributed by atoms with Gasteiger partial charge in [0.2, 0.25) is 0 Å². The number of aromatic hydroxyl groups is 1. The van der Waals surface area contributed by atoms with E-state index < -0.39 is 0 Å². The molecule has 118 valence electrons. The number of phenols is 1. The maximum Gasteiger partial charge on any atom is 0.115 e. The third-order valence-corrected chi connectivity index (χ3v) is 5.08. The molecule has 1 N–H and O–H groups in total. The summed E-state index contributed by atoms with van der Waals surface area (Å²) in [5.74, 6) is 4.59. The van der Waals surface area contributed by atoms with E-state index in [1.807, 2.05) is 12.1 Å².